The highest BCUT2D eigenvalue weighted by Gasteiger charge is 2.80. The van der Waals surface area contributed by atoms with E-state index >= 15 is 4.39 Å². The molecule has 12 atom stereocenters. The summed E-state index contributed by atoms with van der Waals surface area (Å²) in [5, 5.41) is 9.58. The Kier molecular flexibility index (Phi) is 9.08. The molecule has 17 heteroatoms. The van der Waals surface area contributed by atoms with Gasteiger partial charge in [0.05, 0.1) is 11.8 Å². The number of carbonyl (C=O) groups is 5. The predicted octanol–water partition coefficient (Wildman–Crippen LogP) is 6.19. The van der Waals surface area contributed by atoms with Crippen LogP contribution in [0.25, 0.3) is 0 Å². The summed E-state index contributed by atoms with van der Waals surface area (Å²) < 4.78 is 122. The van der Waals surface area contributed by atoms with Crippen molar-refractivity contribution in [2.24, 2.45) is 59.2 Å². The SMILES string of the molecule is CCC(F)(C(=O)OC1CC2CC1CC2C(OC(=O)OC(C)(C)C)(C(F)(F)F)C(F)(F)F)C1C(=O)OC(=O)C1C1C2CC(C(=O)O)C(C2)C1C. The van der Waals surface area contributed by atoms with E-state index < -0.39 is 132 Å². The summed E-state index contributed by atoms with van der Waals surface area (Å²) in [6, 6.07) is 0. The molecule has 5 fully saturated rings. The van der Waals surface area contributed by atoms with Crippen molar-refractivity contribution in [3.8, 4) is 0 Å². The summed E-state index contributed by atoms with van der Waals surface area (Å²) in [6.45, 7) is 6.59. The standard InChI is InChI=1S/C32H39F7O10/c1-6-29(33,22-21(24(42)47-25(22)43)20-12(2)16-8-15(20)9-17(16)23(40)41)26(44)46-19-11-13-7-14(19)10-18(13)30(31(34,35)36,32(37,38)39)49-27(45)48-28(3,4)5/h12-22H,6-11H2,1-5H3,(H,40,41). The van der Waals surface area contributed by atoms with E-state index in [1.54, 1.807) is 6.92 Å². The first kappa shape index (κ1) is 37.1. The van der Waals surface area contributed by atoms with Crippen molar-refractivity contribution in [2.75, 3.05) is 0 Å². The normalized spacial score (nSPS) is 37.2. The van der Waals surface area contributed by atoms with Crippen molar-refractivity contribution >= 4 is 30.0 Å². The second-order valence-corrected chi connectivity index (χ2v) is 15.3. The minimum Gasteiger partial charge on any atom is -0.481 e. The van der Waals surface area contributed by atoms with E-state index in [4.69, 9.17) is 9.47 Å². The molecule has 0 aromatic carbocycles. The lowest BCUT2D eigenvalue weighted by Gasteiger charge is -2.44. The number of carboxylic acid groups (broad SMARTS) is 1. The summed E-state index contributed by atoms with van der Waals surface area (Å²) in [5.41, 5.74) is -9.57. The maximum Gasteiger partial charge on any atom is 0.510 e. The van der Waals surface area contributed by atoms with Crippen LogP contribution in [0.1, 0.15) is 73.1 Å². The molecular weight excluding hydrogens is 677 g/mol. The van der Waals surface area contributed by atoms with Crippen molar-refractivity contribution in [3.63, 3.8) is 0 Å². The minimum absolute atomic E-state index is 0.191. The third kappa shape index (κ3) is 5.93. The molecule has 5 rings (SSSR count). The quantitative estimate of drug-likeness (QED) is 0.134. The molecule has 10 nitrogen and oxygen atoms in total. The number of ether oxygens (including phenoxy) is 4. The number of rotatable bonds is 8. The van der Waals surface area contributed by atoms with Crippen LogP contribution in [0, 0.1) is 59.2 Å². The van der Waals surface area contributed by atoms with Crippen LogP contribution in [0.3, 0.4) is 0 Å². The van der Waals surface area contributed by atoms with Gasteiger partial charge >= 0.3 is 48.0 Å². The van der Waals surface area contributed by atoms with E-state index in [0.717, 1.165) is 0 Å². The lowest BCUT2D eigenvalue weighted by atomic mass is 9.64. The first-order valence-electron chi connectivity index (χ1n) is 16.3. The van der Waals surface area contributed by atoms with Crippen LogP contribution in [-0.4, -0.2) is 70.5 Å². The van der Waals surface area contributed by atoms with Gasteiger partial charge in [-0.3, -0.25) is 14.4 Å². The molecule has 1 N–H and O–H groups in total. The van der Waals surface area contributed by atoms with Crippen LogP contribution in [-0.2, 0) is 38.1 Å². The summed E-state index contributed by atoms with van der Waals surface area (Å²) in [4.78, 5) is 63.5. The van der Waals surface area contributed by atoms with E-state index in [-0.39, 0.29) is 24.7 Å². The van der Waals surface area contributed by atoms with Crippen LogP contribution in [0.2, 0.25) is 0 Å². The number of carbonyl (C=O) groups excluding carboxylic acids is 4. The van der Waals surface area contributed by atoms with Gasteiger partial charge in [-0.15, -0.1) is 0 Å². The zero-order valence-corrected chi connectivity index (χ0v) is 27.4. The molecule has 5 aliphatic rings. The molecule has 0 amide bonds. The molecule has 49 heavy (non-hydrogen) atoms. The molecule has 0 aromatic rings. The van der Waals surface area contributed by atoms with Crippen molar-refractivity contribution in [1.29, 1.82) is 0 Å². The van der Waals surface area contributed by atoms with Gasteiger partial charge in [-0.05, 0) is 94.8 Å². The molecule has 0 spiro atoms. The Morgan fingerprint density at radius 1 is 0.837 bits per heavy atom. The van der Waals surface area contributed by atoms with Crippen molar-refractivity contribution in [1.82, 2.24) is 0 Å². The van der Waals surface area contributed by atoms with Crippen LogP contribution < -0.4 is 0 Å². The zero-order chi connectivity index (χ0) is 36.8. The molecular formula is C32H39F7O10. The number of halogens is 7. The summed E-state index contributed by atoms with van der Waals surface area (Å²) in [6.07, 6.45) is -17.5. The molecule has 276 valence electrons. The fraction of sp³-hybridized carbons (Fsp3) is 0.844. The molecule has 0 aromatic heterocycles. The lowest BCUT2D eigenvalue weighted by Crippen LogP contribution is -2.65. The molecule has 1 saturated heterocycles. The van der Waals surface area contributed by atoms with Crippen molar-refractivity contribution in [2.45, 2.75) is 108 Å². The minimum atomic E-state index is -6.12. The van der Waals surface area contributed by atoms with Crippen LogP contribution in [0.5, 0.6) is 0 Å². The van der Waals surface area contributed by atoms with Gasteiger partial charge in [-0.2, -0.15) is 26.3 Å². The Morgan fingerprint density at radius 3 is 1.92 bits per heavy atom. The number of cyclic esters (lactones) is 2. The smallest absolute Gasteiger partial charge is 0.481 e. The second-order valence-electron chi connectivity index (χ2n) is 15.3. The summed E-state index contributed by atoms with van der Waals surface area (Å²) in [5.74, 6) is -15.7. The molecule has 1 aliphatic heterocycles. The number of aliphatic carboxylic acids is 1. The van der Waals surface area contributed by atoms with Gasteiger partial charge in [-0.1, -0.05) is 13.8 Å². The van der Waals surface area contributed by atoms with E-state index in [9.17, 15) is 55.4 Å². The van der Waals surface area contributed by atoms with Crippen LogP contribution in [0.4, 0.5) is 35.5 Å². The van der Waals surface area contributed by atoms with Gasteiger partial charge in [0.15, 0.2) is 0 Å². The molecule has 0 radical (unpaired) electrons. The van der Waals surface area contributed by atoms with Crippen molar-refractivity contribution in [3.05, 3.63) is 0 Å². The Balaban J connectivity index is 1.36. The first-order chi connectivity index (χ1) is 22.4. The lowest BCUT2D eigenvalue weighted by molar-refractivity contribution is -0.390. The van der Waals surface area contributed by atoms with E-state index in [1.165, 1.54) is 27.7 Å². The monoisotopic (exact) mass is 716 g/mol. The van der Waals surface area contributed by atoms with Gasteiger partial charge in [0, 0.05) is 5.92 Å². The Hall–Kier alpha value is -3.14. The second kappa shape index (κ2) is 12.0. The highest BCUT2D eigenvalue weighted by Crippen LogP contribution is 2.63. The van der Waals surface area contributed by atoms with Crippen molar-refractivity contribution < 1.29 is 78.8 Å². The first-order valence-corrected chi connectivity index (χ1v) is 16.3. The van der Waals surface area contributed by atoms with Crippen LogP contribution in [0.15, 0.2) is 0 Å². The average Bonchev–Trinajstić information content (AvgIpc) is 3.75. The van der Waals surface area contributed by atoms with Crippen LogP contribution >= 0.6 is 0 Å². The van der Waals surface area contributed by atoms with Gasteiger partial charge in [0.1, 0.15) is 17.6 Å². The highest BCUT2D eigenvalue weighted by atomic mass is 19.4. The number of hydrogen-bond donors (Lipinski definition) is 1. The summed E-state index contributed by atoms with van der Waals surface area (Å²) >= 11 is 0. The topological polar surface area (TPSA) is 142 Å². The maximum atomic E-state index is 16.9. The Labute approximate surface area is 276 Å². The maximum absolute atomic E-state index is 16.9. The van der Waals surface area contributed by atoms with E-state index in [0.29, 0.717) is 6.42 Å². The third-order valence-electron chi connectivity index (χ3n) is 11.7. The summed E-state index contributed by atoms with van der Waals surface area (Å²) in [7, 11) is 0. The molecule has 1 heterocycles. The highest BCUT2D eigenvalue weighted by molar-refractivity contribution is 6.01. The number of esters is 3. The van der Waals surface area contributed by atoms with Gasteiger partial charge in [-0.25, -0.2) is 14.0 Å². The van der Waals surface area contributed by atoms with Gasteiger partial charge in [0.25, 0.3) is 0 Å². The largest absolute Gasteiger partial charge is 0.510 e. The fourth-order valence-corrected chi connectivity index (χ4v) is 9.76. The number of alkyl halides is 7. The number of fused-ring (bicyclic) bond motifs is 4. The number of hydrogen-bond acceptors (Lipinski definition) is 9. The van der Waals surface area contributed by atoms with E-state index in [2.05, 4.69) is 9.47 Å². The Morgan fingerprint density at radius 2 is 1.45 bits per heavy atom. The zero-order valence-electron chi connectivity index (χ0n) is 27.4. The fourth-order valence-electron chi connectivity index (χ4n) is 9.76. The average molecular weight is 717 g/mol. The Bertz CT molecular complexity index is 1370. The molecule has 4 aliphatic carbocycles. The van der Waals surface area contributed by atoms with Gasteiger partial charge < -0.3 is 24.1 Å². The molecule has 12 unspecified atom stereocenters. The van der Waals surface area contributed by atoms with Gasteiger partial charge in [0.2, 0.25) is 5.67 Å². The molecule has 4 saturated carbocycles. The van der Waals surface area contributed by atoms with E-state index in [1.807, 2.05) is 0 Å². The molecule has 4 bridgehead atoms. The third-order valence-corrected chi connectivity index (χ3v) is 11.7. The number of carboxylic acids is 1. The predicted molar refractivity (Wildman–Crippen MR) is 149 cm³/mol.